The molecule has 2 aliphatic rings. The molecule has 2 saturated heterocycles. The molecular formula is C13H22N2O4. The van der Waals surface area contributed by atoms with Crippen molar-refractivity contribution in [1.29, 1.82) is 0 Å². The molecule has 108 valence electrons. The fraction of sp³-hybridized carbons (Fsp3) is 0.846. The molecule has 6 heteroatoms. The van der Waals surface area contributed by atoms with Crippen molar-refractivity contribution in [3.8, 4) is 0 Å². The first-order valence-electron chi connectivity index (χ1n) is 6.86. The average Bonchev–Trinajstić information content (AvgIpc) is 2.84. The maximum atomic E-state index is 12.3. The van der Waals surface area contributed by atoms with Gasteiger partial charge in [0, 0.05) is 26.2 Å². The van der Waals surface area contributed by atoms with E-state index in [-0.39, 0.29) is 17.9 Å². The second-order valence-electron chi connectivity index (χ2n) is 5.45. The second-order valence-corrected chi connectivity index (χ2v) is 5.45. The lowest BCUT2D eigenvalue weighted by Crippen LogP contribution is -2.54. The number of piperazine rings is 1. The Hall–Kier alpha value is -1.14. The van der Waals surface area contributed by atoms with Crippen LogP contribution in [0.4, 0.5) is 0 Å². The minimum atomic E-state index is -0.808. The molecule has 2 fully saturated rings. The maximum Gasteiger partial charge on any atom is 0.320 e. The Kier molecular flexibility index (Phi) is 4.42. The second kappa shape index (κ2) is 5.88. The van der Waals surface area contributed by atoms with E-state index in [0.29, 0.717) is 32.8 Å². The van der Waals surface area contributed by atoms with Gasteiger partial charge in [-0.25, -0.2) is 0 Å². The lowest BCUT2D eigenvalue weighted by atomic mass is 10.0. The number of ether oxygens (including phenoxy) is 1. The standard InChI is InChI=1S/C13H22N2O4/c1-9-7-11(8-19-9)12(16)15-5-3-14(4-6-15)10(2)13(17)18/h9-11H,3-8H2,1-2H3,(H,17,18). The topological polar surface area (TPSA) is 70.1 Å². The molecule has 1 amide bonds. The summed E-state index contributed by atoms with van der Waals surface area (Å²) in [6.07, 6.45) is 0.965. The Labute approximate surface area is 113 Å². The number of amides is 1. The summed E-state index contributed by atoms with van der Waals surface area (Å²) in [5.41, 5.74) is 0. The summed E-state index contributed by atoms with van der Waals surface area (Å²) in [6.45, 7) is 6.67. The van der Waals surface area contributed by atoms with Gasteiger partial charge in [-0.1, -0.05) is 0 Å². The first kappa shape index (κ1) is 14.3. The van der Waals surface area contributed by atoms with Crippen LogP contribution in [0.5, 0.6) is 0 Å². The quantitative estimate of drug-likeness (QED) is 0.783. The minimum absolute atomic E-state index is 0.0153. The van der Waals surface area contributed by atoms with Crippen LogP contribution in [0.3, 0.4) is 0 Å². The van der Waals surface area contributed by atoms with E-state index in [2.05, 4.69) is 0 Å². The first-order valence-corrected chi connectivity index (χ1v) is 6.86. The number of carboxylic acid groups (broad SMARTS) is 1. The Morgan fingerprint density at radius 2 is 1.89 bits per heavy atom. The number of rotatable bonds is 3. The summed E-state index contributed by atoms with van der Waals surface area (Å²) in [4.78, 5) is 26.9. The van der Waals surface area contributed by atoms with Gasteiger partial charge in [0.25, 0.3) is 0 Å². The number of hydrogen-bond acceptors (Lipinski definition) is 4. The van der Waals surface area contributed by atoms with Gasteiger partial charge in [0.05, 0.1) is 18.6 Å². The van der Waals surface area contributed by atoms with Crippen LogP contribution >= 0.6 is 0 Å². The highest BCUT2D eigenvalue weighted by atomic mass is 16.5. The Morgan fingerprint density at radius 1 is 1.26 bits per heavy atom. The van der Waals surface area contributed by atoms with E-state index < -0.39 is 12.0 Å². The van der Waals surface area contributed by atoms with E-state index in [9.17, 15) is 9.59 Å². The number of hydrogen-bond donors (Lipinski definition) is 1. The highest BCUT2D eigenvalue weighted by molar-refractivity contribution is 5.79. The third-order valence-electron chi connectivity index (χ3n) is 4.08. The molecular weight excluding hydrogens is 248 g/mol. The first-order chi connectivity index (χ1) is 8.99. The van der Waals surface area contributed by atoms with Crippen molar-refractivity contribution in [3.05, 3.63) is 0 Å². The fourth-order valence-corrected chi connectivity index (χ4v) is 2.73. The molecule has 6 nitrogen and oxygen atoms in total. The van der Waals surface area contributed by atoms with Crippen molar-refractivity contribution in [2.45, 2.75) is 32.4 Å². The molecule has 0 aliphatic carbocycles. The number of aliphatic carboxylic acids is 1. The largest absolute Gasteiger partial charge is 0.480 e. The van der Waals surface area contributed by atoms with Crippen molar-refractivity contribution in [2.24, 2.45) is 5.92 Å². The monoisotopic (exact) mass is 270 g/mol. The molecule has 3 atom stereocenters. The fourth-order valence-electron chi connectivity index (χ4n) is 2.73. The Balaban J connectivity index is 1.83. The Morgan fingerprint density at radius 3 is 2.37 bits per heavy atom. The highest BCUT2D eigenvalue weighted by Crippen LogP contribution is 2.22. The van der Waals surface area contributed by atoms with Gasteiger partial charge in [0.2, 0.25) is 5.91 Å². The number of nitrogens with zero attached hydrogens (tertiary/aromatic N) is 2. The van der Waals surface area contributed by atoms with E-state index in [1.807, 2.05) is 16.7 Å². The zero-order valence-electron chi connectivity index (χ0n) is 11.5. The maximum absolute atomic E-state index is 12.3. The Bertz CT molecular complexity index is 353. The summed E-state index contributed by atoms with van der Waals surface area (Å²) in [7, 11) is 0. The van der Waals surface area contributed by atoms with E-state index in [1.165, 1.54) is 0 Å². The van der Waals surface area contributed by atoms with Crippen LogP contribution in [-0.4, -0.2) is 71.7 Å². The van der Waals surface area contributed by atoms with Crippen LogP contribution < -0.4 is 0 Å². The van der Waals surface area contributed by atoms with Crippen LogP contribution in [0.2, 0.25) is 0 Å². The van der Waals surface area contributed by atoms with Crippen molar-refractivity contribution in [2.75, 3.05) is 32.8 Å². The van der Waals surface area contributed by atoms with Gasteiger partial charge in [0.15, 0.2) is 0 Å². The predicted molar refractivity (Wildman–Crippen MR) is 68.8 cm³/mol. The zero-order chi connectivity index (χ0) is 14.0. The molecule has 0 bridgehead atoms. The van der Waals surface area contributed by atoms with Crippen LogP contribution in [0, 0.1) is 5.92 Å². The third-order valence-corrected chi connectivity index (χ3v) is 4.08. The molecule has 0 saturated carbocycles. The molecule has 3 unspecified atom stereocenters. The van der Waals surface area contributed by atoms with Crippen LogP contribution in [0.15, 0.2) is 0 Å². The molecule has 2 heterocycles. The molecule has 2 aliphatic heterocycles. The lowest BCUT2D eigenvalue weighted by molar-refractivity contribution is -0.144. The highest BCUT2D eigenvalue weighted by Gasteiger charge is 2.34. The summed E-state index contributed by atoms with van der Waals surface area (Å²) < 4.78 is 5.43. The molecule has 0 aromatic rings. The van der Waals surface area contributed by atoms with Gasteiger partial charge in [-0.2, -0.15) is 0 Å². The van der Waals surface area contributed by atoms with Crippen molar-refractivity contribution < 1.29 is 19.4 Å². The van der Waals surface area contributed by atoms with E-state index in [1.54, 1.807) is 6.92 Å². The molecule has 19 heavy (non-hydrogen) atoms. The van der Waals surface area contributed by atoms with Gasteiger partial charge >= 0.3 is 5.97 Å². The van der Waals surface area contributed by atoms with Crippen LogP contribution in [0.1, 0.15) is 20.3 Å². The smallest absolute Gasteiger partial charge is 0.320 e. The summed E-state index contributed by atoms with van der Waals surface area (Å²) >= 11 is 0. The number of carbonyl (C=O) groups excluding carboxylic acids is 1. The van der Waals surface area contributed by atoms with E-state index >= 15 is 0 Å². The zero-order valence-corrected chi connectivity index (χ0v) is 11.5. The molecule has 0 radical (unpaired) electrons. The van der Waals surface area contributed by atoms with Gasteiger partial charge in [-0.15, -0.1) is 0 Å². The molecule has 1 N–H and O–H groups in total. The SMILES string of the molecule is CC1CC(C(=O)N2CCN(C(C)C(=O)O)CC2)CO1. The lowest BCUT2D eigenvalue weighted by Gasteiger charge is -2.37. The van der Waals surface area contributed by atoms with Crippen molar-refractivity contribution in [1.82, 2.24) is 9.80 Å². The normalized spacial score (nSPS) is 30.3. The summed E-state index contributed by atoms with van der Waals surface area (Å²) in [5.74, 6) is -0.664. The van der Waals surface area contributed by atoms with E-state index in [4.69, 9.17) is 9.84 Å². The molecule has 0 aromatic carbocycles. The van der Waals surface area contributed by atoms with Crippen molar-refractivity contribution >= 4 is 11.9 Å². The third kappa shape index (κ3) is 3.25. The van der Waals surface area contributed by atoms with Crippen LogP contribution in [0.25, 0.3) is 0 Å². The number of carboxylic acids is 1. The van der Waals surface area contributed by atoms with Gasteiger partial charge in [-0.3, -0.25) is 14.5 Å². The minimum Gasteiger partial charge on any atom is -0.480 e. The molecule has 0 aromatic heterocycles. The molecule has 2 rings (SSSR count). The van der Waals surface area contributed by atoms with Gasteiger partial charge in [-0.05, 0) is 20.3 Å². The van der Waals surface area contributed by atoms with E-state index in [0.717, 1.165) is 6.42 Å². The predicted octanol–water partition coefficient (Wildman–Crippen LogP) is 0.0287. The van der Waals surface area contributed by atoms with Crippen molar-refractivity contribution in [3.63, 3.8) is 0 Å². The number of carbonyl (C=O) groups is 2. The van der Waals surface area contributed by atoms with Crippen LogP contribution in [-0.2, 0) is 14.3 Å². The molecule has 0 spiro atoms. The summed E-state index contributed by atoms with van der Waals surface area (Å²) in [6, 6.07) is -0.480. The van der Waals surface area contributed by atoms with Gasteiger partial charge in [0.1, 0.15) is 6.04 Å². The van der Waals surface area contributed by atoms with Gasteiger partial charge < -0.3 is 14.7 Å². The average molecular weight is 270 g/mol. The summed E-state index contributed by atoms with van der Waals surface area (Å²) in [5, 5.41) is 8.97.